The van der Waals surface area contributed by atoms with Gasteiger partial charge >= 0.3 is 0 Å². The van der Waals surface area contributed by atoms with E-state index in [9.17, 15) is 0 Å². The second-order valence-electron chi connectivity index (χ2n) is 16.1. The Morgan fingerprint density at radius 2 is 0.885 bits per heavy atom. The summed E-state index contributed by atoms with van der Waals surface area (Å²) in [5.41, 5.74) is 16.6. The fraction of sp³-hybridized carbons (Fsp3) is 0.0169. The molecule has 0 radical (unpaired) electrons. The highest BCUT2D eigenvalue weighted by Crippen LogP contribution is 2.56. The summed E-state index contributed by atoms with van der Waals surface area (Å²) in [4.78, 5) is 2.40. The van der Waals surface area contributed by atoms with E-state index in [0.717, 1.165) is 22.7 Å². The minimum absolute atomic E-state index is 0.425. The van der Waals surface area contributed by atoms with E-state index in [1.54, 1.807) is 0 Å². The molecule has 286 valence electrons. The van der Waals surface area contributed by atoms with Gasteiger partial charge in [0.15, 0.2) is 0 Å². The molecule has 0 atom stereocenters. The van der Waals surface area contributed by atoms with E-state index in [1.807, 2.05) is 0 Å². The summed E-state index contributed by atoms with van der Waals surface area (Å²) in [5.74, 6) is 0. The molecule has 11 aromatic rings. The monoisotopic (exact) mass is 776 g/mol. The second-order valence-corrected chi connectivity index (χ2v) is 16.1. The summed E-state index contributed by atoms with van der Waals surface area (Å²) in [5, 5.41) is 4.85. The summed E-state index contributed by atoms with van der Waals surface area (Å²) in [6.07, 6.45) is 0. The van der Waals surface area contributed by atoms with E-state index in [2.05, 4.69) is 252 Å². The zero-order valence-electron chi connectivity index (χ0n) is 33.5. The van der Waals surface area contributed by atoms with Gasteiger partial charge in [-0.05, 0) is 111 Å². The minimum atomic E-state index is -0.425. The van der Waals surface area contributed by atoms with Crippen LogP contribution >= 0.6 is 0 Å². The van der Waals surface area contributed by atoms with Crippen LogP contribution in [0, 0.1) is 0 Å². The molecular weight excluding hydrogens is 737 g/mol. The first kappa shape index (κ1) is 35.0. The Labute approximate surface area is 355 Å². The van der Waals surface area contributed by atoms with Crippen molar-refractivity contribution in [3.63, 3.8) is 0 Å². The van der Waals surface area contributed by atoms with Gasteiger partial charge in [-0.25, -0.2) is 0 Å². The Kier molecular flexibility index (Phi) is 8.11. The lowest BCUT2D eigenvalue weighted by Gasteiger charge is -2.34. The Morgan fingerprint density at radius 1 is 0.344 bits per heavy atom. The predicted octanol–water partition coefficient (Wildman–Crippen LogP) is 15.4. The van der Waals surface area contributed by atoms with Gasteiger partial charge in [-0.3, -0.25) is 0 Å². The van der Waals surface area contributed by atoms with Crippen LogP contribution in [0.3, 0.4) is 0 Å². The van der Waals surface area contributed by atoms with Gasteiger partial charge in [-0.15, -0.1) is 0 Å². The van der Waals surface area contributed by atoms with Crippen LogP contribution in [0.2, 0.25) is 0 Å². The van der Waals surface area contributed by atoms with Crippen LogP contribution < -0.4 is 4.90 Å². The molecule has 0 bridgehead atoms. The summed E-state index contributed by atoms with van der Waals surface area (Å²) in [6.45, 7) is 0. The molecule has 0 unspecified atom stereocenters. The van der Waals surface area contributed by atoms with E-state index < -0.39 is 5.41 Å². The number of aromatic nitrogens is 1. The van der Waals surface area contributed by atoms with Crippen molar-refractivity contribution in [1.82, 2.24) is 4.57 Å². The van der Waals surface area contributed by atoms with Crippen molar-refractivity contribution in [2.45, 2.75) is 5.41 Å². The van der Waals surface area contributed by atoms with E-state index in [4.69, 9.17) is 0 Å². The maximum absolute atomic E-state index is 2.41. The van der Waals surface area contributed by atoms with Crippen LogP contribution in [-0.2, 0) is 5.41 Å². The van der Waals surface area contributed by atoms with Crippen molar-refractivity contribution in [2.75, 3.05) is 4.90 Å². The molecule has 1 aliphatic carbocycles. The van der Waals surface area contributed by atoms with Crippen LogP contribution in [0.4, 0.5) is 17.1 Å². The third-order valence-corrected chi connectivity index (χ3v) is 12.9. The SMILES string of the molecule is c1ccc(N(c2ccc3c(c2)c2cc(-c4ccc(C5(c6ccccc6)c6ccccc6-c6ccccc65)cc4)ccc2n3-c2ccccc2)c2cccc3ccccc23)cc1. The molecule has 1 aromatic heterocycles. The van der Waals surface area contributed by atoms with Crippen LogP contribution in [0.1, 0.15) is 22.3 Å². The number of anilines is 3. The van der Waals surface area contributed by atoms with Crippen LogP contribution in [0.15, 0.2) is 243 Å². The number of benzene rings is 10. The van der Waals surface area contributed by atoms with Crippen molar-refractivity contribution in [2.24, 2.45) is 0 Å². The molecule has 0 saturated heterocycles. The first-order valence-corrected chi connectivity index (χ1v) is 21.1. The van der Waals surface area contributed by atoms with Gasteiger partial charge in [-0.2, -0.15) is 0 Å². The smallest absolute Gasteiger partial charge is 0.0713 e. The lowest BCUT2D eigenvalue weighted by atomic mass is 9.67. The van der Waals surface area contributed by atoms with Crippen LogP contribution in [0.25, 0.3) is 60.5 Å². The molecule has 0 amide bonds. The third-order valence-electron chi connectivity index (χ3n) is 12.9. The average Bonchev–Trinajstić information content (AvgIpc) is 3.83. The first-order valence-electron chi connectivity index (χ1n) is 21.1. The zero-order chi connectivity index (χ0) is 40.3. The van der Waals surface area contributed by atoms with Gasteiger partial charge in [0.05, 0.1) is 22.1 Å². The molecule has 12 rings (SSSR count). The molecule has 0 aliphatic heterocycles. The van der Waals surface area contributed by atoms with Gasteiger partial charge in [0.2, 0.25) is 0 Å². The van der Waals surface area contributed by atoms with Crippen molar-refractivity contribution >= 4 is 49.6 Å². The average molecular weight is 777 g/mol. The Balaban J connectivity index is 1.04. The number of nitrogens with zero attached hydrogens (tertiary/aromatic N) is 2. The van der Waals surface area contributed by atoms with E-state index in [-0.39, 0.29) is 0 Å². The number of hydrogen-bond acceptors (Lipinski definition) is 1. The maximum Gasteiger partial charge on any atom is 0.0713 e. The quantitative estimate of drug-likeness (QED) is 0.156. The second kappa shape index (κ2) is 14.1. The molecule has 10 aromatic carbocycles. The van der Waals surface area contributed by atoms with Gasteiger partial charge in [0.25, 0.3) is 0 Å². The molecule has 2 nitrogen and oxygen atoms in total. The maximum atomic E-state index is 2.41. The molecule has 0 fully saturated rings. The number of para-hydroxylation sites is 2. The van der Waals surface area contributed by atoms with Crippen LogP contribution in [0.5, 0.6) is 0 Å². The Hall–Kier alpha value is -7.94. The largest absolute Gasteiger partial charge is 0.310 e. The fourth-order valence-electron chi connectivity index (χ4n) is 10.2. The van der Waals surface area contributed by atoms with Gasteiger partial charge in [-0.1, -0.05) is 182 Å². The molecule has 1 aliphatic rings. The highest BCUT2D eigenvalue weighted by Gasteiger charge is 2.45. The third kappa shape index (κ3) is 5.43. The fourth-order valence-corrected chi connectivity index (χ4v) is 10.2. The molecule has 1 heterocycles. The van der Waals surface area contributed by atoms with Crippen LogP contribution in [-0.4, -0.2) is 4.57 Å². The normalized spacial score (nSPS) is 12.7. The van der Waals surface area contributed by atoms with E-state index in [0.29, 0.717) is 0 Å². The first-order chi connectivity index (χ1) is 30.3. The molecule has 2 heteroatoms. The standard InChI is InChI=1S/C59H40N2/c1-4-19-44(20-5-1)59(54-28-14-12-26-50(54)51-27-13-15-29-55(51)59)45-34-31-41(32-35-45)43-33-37-57-52(39-43)53-40-48(36-38-58(53)61(57)47-23-8-3-9-24-47)60(46-21-6-2-7-22-46)56-30-16-18-42-17-10-11-25-49(42)56/h1-40H. The van der Waals surface area contributed by atoms with Crippen molar-refractivity contribution < 1.29 is 0 Å². The highest BCUT2D eigenvalue weighted by atomic mass is 15.1. The summed E-state index contributed by atoms with van der Waals surface area (Å²) in [7, 11) is 0. The summed E-state index contributed by atoms with van der Waals surface area (Å²) < 4.78 is 2.41. The number of rotatable bonds is 7. The Bertz CT molecular complexity index is 3350. The van der Waals surface area contributed by atoms with Gasteiger partial charge in [0.1, 0.15) is 0 Å². The molecule has 0 spiro atoms. The Morgan fingerprint density at radius 3 is 1.61 bits per heavy atom. The minimum Gasteiger partial charge on any atom is -0.310 e. The van der Waals surface area contributed by atoms with E-state index in [1.165, 1.54) is 77.1 Å². The topological polar surface area (TPSA) is 8.17 Å². The van der Waals surface area contributed by atoms with Gasteiger partial charge in [0, 0.05) is 33.2 Å². The predicted molar refractivity (Wildman–Crippen MR) is 256 cm³/mol. The highest BCUT2D eigenvalue weighted by molar-refractivity contribution is 6.12. The molecule has 0 N–H and O–H groups in total. The number of hydrogen-bond donors (Lipinski definition) is 0. The summed E-state index contributed by atoms with van der Waals surface area (Å²) in [6, 6.07) is 89.0. The number of fused-ring (bicyclic) bond motifs is 7. The van der Waals surface area contributed by atoms with Crippen molar-refractivity contribution in [3.05, 3.63) is 265 Å². The lowest BCUT2D eigenvalue weighted by Crippen LogP contribution is -2.28. The van der Waals surface area contributed by atoms with Gasteiger partial charge < -0.3 is 9.47 Å². The molecule has 0 saturated carbocycles. The summed E-state index contributed by atoms with van der Waals surface area (Å²) >= 11 is 0. The van der Waals surface area contributed by atoms with E-state index >= 15 is 0 Å². The molecular formula is C59H40N2. The van der Waals surface area contributed by atoms with Crippen molar-refractivity contribution in [3.8, 4) is 27.9 Å². The lowest BCUT2D eigenvalue weighted by molar-refractivity contribution is 0.768. The van der Waals surface area contributed by atoms with Crippen molar-refractivity contribution in [1.29, 1.82) is 0 Å². The molecule has 61 heavy (non-hydrogen) atoms. The zero-order valence-corrected chi connectivity index (χ0v) is 33.5.